The maximum Gasteiger partial charge on any atom is 0.417 e. The van der Waals surface area contributed by atoms with Gasteiger partial charge in [-0.05, 0) is 57.4 Å². The van der Waals surface area contributed by atoms with Crippen LogP contribution in [0.25, 0.3) is 11.3 Å². The van der Waals surface area contributed by atoms with E-state index in [0.29, 0.717) is 11.3 Å². The summed E-state index contributed by atoms with van der Waals surface area (Å²) in [7, 11) is 0. The van der Waals surface area contributed by atoms with Gasteiger partial charge in [-0.2, -0.15) is 0 Å². The van der Waals surface area contributed by atoms with E-state index in [-0.39, 0.29) is 12.3 Å². The minimum absolute atomic E-state index is 0.0278. The topological polar surface area (TPSA) is 115 Å². The standard InChI is InChI=1S/C32H33N3O6/c1-20-11-16-25(33-18-20)23-14-12-22(13-15-23)19-39-32(5,28(36)26-17-21(2)41-34-26)29(37)35-27(24-9-7-6-8-10-24)31(3,4)40-30(35)38/h6-18,27-28,36H,19H2,1-5H3/t27-,28-,32-/m0/s1. The summed E-state index contributed by atoms with van der Waals surface area (Å²) in [5, 5.41) is 15.4. The second kappa shape index (κ2) is 10.9. The van der Waals surface area contributed by atoms with Crippen LogP contribution < -0.4 is 0 Å². The molecular formula is C32H33N3O6. The summed E-state index contributed by atoms with van der Waals surface area (Å²) in [6.07, 6.45) is -0.553. The number of amides is 2. The zero-order valence-electron chi connectivity index (χ0n) is 23.7. The van der Waals surface area contributed by atoms with Crippen molar-refractivity contribution in [2.24, 2.45) is 0 Å². The molecule has 3 heterocycles. The summed E-state index contributed by atoms with van der Waals surface area (Å²) in [6.45, 7) is 8.58. The van der Waals surface area contributed by atoms with Gasteiger partial charge in [-0.1, -0.05) is 65.8 Å². The second-order valence-electron chi connectivity index (χ2n) is 11.0. The smallest absolute Gasteiger partial charge is 0.417 e. The highest BCUT2D eigenvalue weighted by Gasteiger charge is 2.57. The van der Waals surface area contributed by atoms with E-state index in [1.54, 1.807) is 20.8 Å². The molecule has 3 atom stereocenters. The number of hydrogen-bond acceptors (Lipinski definition) is 8. The maximum atomic E-state index is 14.3. The van der Waals surface area contributed by atoms with Crippen LogP contribution in [-0.4, -0.2) is 43.3 Å². The number of benzene rings is 2. The molecule has 0 radical (unpaired) electrons. The normalized spacial score (nSPS) is 18.5. The first kappa shape index (κ1) is 28.2. The van der Waals surface area contributed by atoms with Crippen LogP contribution in [0.1, 0.15) is 61.1 Å². The van der Waals surface area contributed by atoms with E-state index in [9.17, 15) is 14.7 Å². The molecule has 5 rings (SSSR count). The molecule has 2 aromatic carbocycles. The Morgan fingerprint density at radius 3 is 2.41 bits per heavy atom. The van der Waals surface area contributed by atoms with Gasteiger partial charge in [0.15, 0.2) is 5.60 Å². The first-order chi connectivity index (χ1) is 19.5. The number of carbonyl (C=O) groups is 2. The molecule has 0 aliphatic carbocycles. The summed E-state index contributed by atoms with van der Waals surface area (Å²) in [6, 6.07) is 21.5. The van der Waals surface area contributed by atoms with Gasteiger partial charge in [0.1, 0.15) is 29.2 Å². The van der Waals surface area contributed by atoms with Crippen molar-refractivity contribution in [3.63, 3.8) is 0 Å². The third kappa shape index (κ3) is 5.51. The molecule has 4 aromatic rings. The molecule has 2 aromatic heterocycles. The van der Waals surface area contributed by atoms with Crippen LogP contribution in [0.15, 0.2) is 83.5 Å². The second-order valence-corrected chi connectivity index (χ2v) is 11.0. The molecule has 9 heteroatoms. The molecule has 0 saturated carbocycles. The number of aryl methyl sites for hydroxylation is 2. The van der Waals surface area contributed by atoms with Crippen molar-refractivity contribution in [3.8, 4) is 11.3 Å². The highest BCUT2D eigenvalue weighted by atomic mass is 16.6. The number of rotatable bonds is 8. The summed E-state index contributed by atoms with van der Waals surface area (Å²) in [5.41, 5.74) is 1.47. The number of ether oxygens (including phenoxy) is 2. The molecule has 1 aliphatic rings. The number of hydrogen-bond donors (Lipinski definition) is 1. The Bertz CT molecular complexity index is 1530. The quantitative estimate of drug-likeness (QED) is 0.287. The number of imide groups is 1. The molecule has 1 aliphatic heterocycles. The lowest BCUT2D eigenvalue weighted by atomic mass is 9.88. The van der Waals surface area contributed by atoms with E-state index in [4.69, 9.17) is 14.0 Å². The molecule has 1 saturated heterocycles. The summed E-state index contributed by atoms with van der Waals surface area (Å²) >= 11 is 0. The van der Waals surface area contributed by atoms with E-state index >= 15 is 0 Å². The van der Waals surface area contributed by atoms with Gasteiger partial charge in [-0.3, -0.25) is 9.78 Å². The Hall–Kier alpha value is -4.34. The predicted octanol–water partition coefficient (Wildman–Crippen LogP) is 5.86. The zero-order valence-corrected chi connectivity index (χ0v) is 23.7. The third-order valence-corrected chi connectivity index (χ3v) is 7.37. The lowest BCUT2D eigenvalue weighted by Gasteiger charge is -2.37. The summed E-state index contributed by atoms with van der Waals surface area (Å²) in [5.74, 6) is -0.298. The number of aliphatic hydroxyl groups excluding tert-OH is 1. The molecule has 1 N–H and O–H groups in total. The van der Waals surface area contributed by atoms with Crippen LogP contribution in [-0.2, 0) is 20.9 Å². The Kier molecular flexibility index (Phi) is 7.50. The van der Waals surface area contributed by atoms with Crippen molar-refractivity contribution in [3.05, 3.63) is 107 Å². The third-order valence-electron chi connectivity index (χ3n) is 7.37. The fourth-order valence-corrected chi connectivity index (χ4v) is 5.07. The van der Waals surface area contributed by atoms with E-state index < -0.39 is 35.3 Å². The van der Waals surface area contributed by atoms with Crippen molar-refractivity contribution < 1.29 is 28.7 Å². The number of nitrogens with zero attached hydrogens (tertiary/aromatic N) is 3. The van der Waals surface area contributed by atoms with E-state index in [1.807, 2.05) is 79.9 Å². The molecule has 1 fully saturated rings. The van der Waals surface area contributed by atoms with Crippen molar-refractivity contribution >= 4 is 12.0 Å². The van der Waals surface area contributed by atoms with Gasteiger partial charge in [-0.25, -0.2) is 9.69 Å². The maximum absolute atomic E-state index is 14.3. The fourth-order valence-electron chi connectivity index (χ4n) is 5.07. The van der Waals surface area contributed by atoms with Crippen molar-refractivity contribution in [1.82, 2.24) is 15.0 Å². The SMILES string of the molecule is Cc1ccc(-c2ccc(CO[C@](C)(C(=O)N3C(=O)OC(C)(C)[C@@H]3c3ccccc3)[C@@H](O)c3cc(C)on3)cc2)nc1. The Morgan fingerprint density at radius 2 is 1.80 bits per heavy atom. The minimum Gasteiger partial charge on any atom is -0.440 e. The van der Waals surface area contributed by atoms with E-state index in [1.165, 1.54) is 13.0 Å². The number of aromatic nitrogens is 2. The average Bonchev–Trinajstić information content (AvgIpc) is 3.50. The van der Waals surface area contributed by atoms with Crippen LogP contribution in [0.2, 0.25) is 0 Å². The average molecular weight is 556 g/mol. The lowest BCUT2D eigenvalue weighted by Crippen LogP contribution is -2.54. The van der Waals surface area contributed by atoms with Crippen LogP contribution >= 0.6 is 0 Å². The molecule has 2 amide bonds. The molecule has 9 nitrogen and oxygen atoms in total. The van der Waals surface area contributed by atoms with Gasteiger partial charge in [0.25, 0.3) is 5.91 Å². The highest BCUT2D eigenvalue weighted by molar-refractivity contribution is 5.99. The van der Waals surface area contributed by atoms with E-state index in [2.05, 4.69) is 10.1 Å². The summed E-state index contributed by atoms with van der Waals surface area (Å²) < 4.78 is 17.0. The highest BCUT2D eigenvalue weighted by Crippen LogP contribution is 2.44. The largest absolute Gasteiger partial charge is 0.440 e. The van der Waals surface area contributed by atoms with Crippen molar-refractivity contribution in [2.75, 3.05) is 0 Å². The van der Waals surface area contributed by atoms with Crippen molar-refractivity contribution in [1.29, 1.82) is 0 Å². The monoisotopic (exact) mass is 555 g/mol. The van der Waals surface area contributed by atoms with Crippen LogP contribution in [0.3, 0.4) is 0 Å². The van der Waals surface area contributed by atoms with Gasteiger partial charge in [0.2, 0.25) is 0 Å². The van der Waals surface area contributed by atoms with Gasteiger partial charge in [-0.15, -0.1) is 0 Å². The van der Waals surface area contributed by atoms with Crippen LogP contribution in [0.5, 0.6) is 0 Å². The summed E-state index contributed by atoms with van der Waals surface area (Å²) in [4.78, 5) is 33.0. The molecule has 0 unspecified atom stereocenters. The first-order valence-corrected chi connectivity index (χ1v) is 13.4. The number of cyclic esters (lactones) is 1. The molecular weight excluding hydrogens is 522 g/mol. The predicted molar refractivity (Wildman–Crippen MR) is 150 cm³/mol. The molecule has 41 heavy (non-hydrogen) atoms. The number of pyridine rings is 1. The van der Waals surface area contributed by atoms with Gasteiger partial charge in [0, 0.05) is 17.8 Å². The minimum atomic E-state index is -1.92. The number of carbonyl (C=O) groups excluding carboxylic acids is 2. The zero-order chi connectivity index (χ0) is 29.4. The Morgan fingerprint density at radius 1 is 1.10 bits per heavy atom. The Labute approximate surface area is 238 Å². The molecule has 0 bridgehead atoms. The van der Waals surface area contributed by atoms with Crippen LogP contribution in [0.4, 0.5) is 4.79 Å². The van der Waals surface area contributed by atoms with E-state index in [0.717, 1.165) is 27.3 Å². The Balaban J connectivity index is 1.47. The number of aliphatic hydroxyl groups is 1. The van der Waals surface area contributed by atoms with Gasteiger partial charge in [0.05, 0.1) is 12.3 Å². The lowest BCUT2D eigenvalue weighted by molar-refractivity contribution is -0.175. The first-order valence-electron chi connectivity index (χ1n) is 13.4. The van der Waals surface area contributed by atoms with Gasteiger partial charge >= 0.3 is 6.09 Å². The van der Waals surface area contributed by atoms with Gasteiger partial charge < -0.3 is 19.1 Å². The molecule has 0 spiro atoms. The van der Waals surface area contributed by atoms with Crippen LogP contribution in [0, 0.1) is 13.8 Å². The fraction of sp³-hybridized carbons (Fsp3) is 0.312. The van der Waals surface area contributed by atoms with Crippen molar-refractivity contribution in [2.45, 2.75) is 64.6 Å². The molecule has 212 valence electrons.